The summed E-state index contributed by atoms with van der Waals surface area (Å²) in [5.41, 5.74) is 1.44. The van der Waals surface area contributed by atoms with Crippen molar-refractivity contribution in [2.24, 2.45) is 5.92 Å². The molecule has 152 valence electrons. The van der Waals surface area contributed by atoms with Crippen LogP contribution >= 0.6 is 0 Å². The topological polar surface area (TPSA) is 157 Å². The molecule has 1 fully saturated rings. The summed E-state index contributed by atoms with van der Waals surface area (Å²) in [4.78, 5) is 28.3. The molecule has 2 heterocycles. The molecule has 1 aromatic heterocycles. The molecule has 0 amide bonds. The van der Waals surface area contributed by atoms with E-state index in [0.29, 0.717) is 23.6 Å². The lowest BCUT2D eigenvalue weighted by atomic mass is 10.0. The van der Waals surface area contributed by atoms with E-state index in [4.69, 9.17) is 15.2 Å². The van der Waals surface area contributed by atoms with Crippen molar-refractivity contribution in [2.75, 3.05) is 18.9 Å². The fraction of sp³-hybridized carbons (Fsp3) is 0.688. The highest BCUT2D eigenvalue weighted by atomic mass is 19.1. The van der Waals surface area contributed by atoms with Gasteiger partial charge in [0.1, 0.15) is 18.3 Å². The van der Waals surface area contributed by atoms with Gasteiger partial charge >= 0.3 is 11.7 Å². The number of anilines is 1. The predicted octanol–water partition coefficient (Wildman–Crippen LogP) is -1.29. The number of nitrogens with two attached hydrogens (primary N) is 1. The summed E-state index contributed by atoms with van der Waals surface area (Å²) in [5, 5.41) is 29.9. The molecule has 0 aliphatic carbocycles. The first-order valence-electron chi connectivity index (χ1n) is 8.60. The number of hydrogen-bond acceptors (Lipinski definition) is 9. The van der Waals surface area contributed by atoms with Crippen molar-refractivity contribution in [1.82, 2.24) is 9.55 Å². The largest absolute Gasteiger partial charge is 0.462 e. The van der Waals surface area contributed by atoms with Crippen LogP contribution in [0.15, 0.2) is 11.0 Å². The van der Waals surface area contributed by atoms with Gasteiger partial charge in [0, 0.05) is 0 Å². The predicted molar refractivity (Wildman–Crippen MR) is 89.8 cm³/mol. The molecule has 0 unspecified atom stereocenters. The van der Waals surface area contributed by atoms with E-state index in [1.807, 2.05) is 13.8 Å². The van der Waals surface area contributed by atoms with E-state index in [9.17, 15) is 29.3 Å². The van der Waals surface area contributed by atoms with E-state index in [1.165, 1.54) is 0 Å². The highest BCUT2D eigenvalue weighted by Crippen LogP contribution is 2.36. The molecule has 2 rings (SSSR count). The Labute approximate surface area is 154 Å². The monoisotopic (exact) mass is 389 g/mol. The van der Waals surface area contributed by atoms with Gasteiger partial charge in [-0.25, -0.2) is 14.0 Å². The number of aromatic nitrogens is 2. The average Bonchev–Trinajstić information content (AvgIpc) is 2.91. The number of nitrogens with zero attached hydrogens (tertiary/aromatic N) is 2. The first-order chi connectivity index (χ1) is 12.7. The van der Waals surface area contributed by atoms with Crippen LogP contribution in [0.25, 0.3) is 0 Å². The van der Waals surface area contributed by atoms with Crippen LogP contribution in [0, 0.1) is 11.7 Å². The molecule has 0 radical (unpaired) electrons. The van der Waals surface area contributed by atoms with Crippen LogP contribution in [-0.4, -0.2) is 62.4 Å². The third-order valence-corrected chi connectivity index (χ3v) is 4.78. The van der Waals surface area contributed by atoms with Gasteiger partial charge in [-0.2, -0.15) is 4.98 Å². The summed E-state index contributed by atoms with van der Waals surface area (Å²) in [5.74, 6) is -3.05. The van der Waals surface area contributed by atoms with Crippen LogP contribution in [0.5, 0.6) is 0 Å². The normalized spacial score (nSPS) is 27.9. The highest BCUT2D eigenvalue weighted by molar-refractivity contribution is 5.78. The Kier molecular flexibility index (Phi) is 6.52. The van der Waals surface area contributed by atoms with E-state index in [2.05, 4.69) is 4.98 Å². The van der Waals surface area contributed by atoms with Gasteiger partial charge in [-0.1, -0.05) is 26.7 Å². The zero-order valence-electron chi connectivity index (χ0n) is 15.0. The van der Waals surface area contributed by atoms with Crippen molar-refractivity contribution in [3.63, 3.8) is 0 Å². The molecule has 1 aromatic rings. The van der Waals surface area contributed by atoms with Gasteiger partial charge in [0.2, 0.25) is 0 Å². The lowest BCUT2D eigenvalue weighted by molar-refractivity contribution is -0.203. The number of rotatable bonds is 7. The molecule has 0 aromatic carbocycles. The second kappa shape index (κ2) is 8.30. The van der Waals surface area contributed by atoms with Crippen LogP contribution in [0.3, 0.4) is 0 Å². The van der Waals surface area contributed by atoms with Gasteiger partial charge in [-0.15, -0.1) is 0 Å². The number of carbonyl (C=O) groups is 1. The third-order valence-electron chi connectivity index (χ3n) is 4.78. The Morgan fingerprint density at radius 1 is 1.48 bits per heavy atom. The van der Waals surface area contributed by atoms with E-state index < -0.39 is 53.9 Å². The Bertz CT molecular complexity index is 739. The molecule has 27 heavy (non-hydrogen) atoms. The average molecular weight is 389 g/mol. The summed E-state index contributed by atoms with van der Waals surface area (Å²) in [6, 6.07) is 0. The molecule has 0 bridgehead atoms. The van der Waals surface area contributed by atoms with Crippen LogP contribution in [0.2, 0.25) is 0 Å². The van der Waals surface area contributed by atoms with Crippen molar-refractivity contribution in [1.29, 1.82) is 0 Å². The number of ether oxygens (including phenoxy) is 2. The maximum absolute atomic E-state index is 13.9. The molecule has 1 aliphatic heterocycles. The maximum Gasteiger partial charge on any atom is 0.363 e. The lowest BCUT2D eigenvalue weighted by Crippen LogP contribution is -2.57. The summed E-state index contributed by atoms with van der Waals surface area (Å²) in [7, 11) is 0. The molecule has 1 aliphatic rings. The molecule has 0 saturated carbocycles. The fourth-order valence-electron chi connectivity index (χ4n) is 2.92. The van der Waals surface area contributed by atoms with E-state index >= 15 is 0 Å². The van der Waals surface area contributed by atoms with Gasteiger partial charge in [0.25, 0.3) is 5.72 Å². The molecule has 11 heteroatoms. The van der Waals surface area contributed by atoms with Crippen molar-refractivity contribution >= 4 is 11.8 Å². The first-order valence-corrected chi connectivity index (χ1v) is 8.60. The van der Waals surface area contributed by atoms with E-state index in [0.717, 1.165) is 0 Å². The number of nitrogen functional groups attached to an aromatic ring is 1. The quantitative estimate of drug-likeness (QED) is 0.416. The Balaban J connectivity index is 2.52. The van der Waals surface area contributed by atoms with Crippen LogP contribution in [0.4, 0.5) is 10.2 Å². The smallest absolute Gasteiger partial charge is 0.363 e. The standard InChI is InChI=1S/C16H24FN3O7/c1-3-8(4-2)7-26-14(24)16(12(23)11(22)10(6-21)27-16)20-5-9(17)13(18)19-15(20)25/h5,8,10-12,21-23H,3-4,6-7H2,1-2H3,(H2,18,19,25)/t10-,11-,12-,16+/m1/s1. The number of aliphatic hydroxyl groups excluding tert-OH is 3. The molecular weight excluding hydrogens is 365 g/mol. The minimum atomic E-state index is -2.61. The Morgan fingerprint density at radius 2 is 2.11 bits per heavy atom. The van der Waals surface area contributed by atoms with Crippen LogP contribution < -0.4 is 11.4 Å². The van der Waals surface area contributed by atoms with Gasteiger partial charge < -0.3 is 30.5 Å². The maximum atomic E-state index is 13.9. The summed E-state index contributed by atoms with van der Waals surface area (Å²) in [6.07, 6.45) is -3.21. The molecule has 0 spiro atoms. The van der Waals surface area contributed by atoms with Gasteiger partial charge in [0.15, 0.2) is 11.6 Å². The zero-order valence-corrected chi connectivity index (χ0v) is 15.0. The van der Waals surface area contributed by atoms with Crippen molar-refractivity contribution in [3.05, 3.63) is 22.5 Å². The molecule has 5 N–H and O–H groups in total. The van der Waals surface area contributed by atoms with Gasteiger partial charge in [0.05, 0.1) is 19.4 Å². The number of hydrogen-bond donors (Lipinski definition) is 4. The number of halogens is 1. The van der Waals surface area contributed by atoms with E-state index in [1.54, 1.807) is 0 Å². The molecule has 10 nitrogen and oxygen atoms in total. The van der Waals surface area contributed by atoms with Crippen molar-refractivity contribution in [3.8, 4) is 0 Å². The van der Waals surface area contributed by atoms with Crippen LogP contribution in [0.1, 0.15) is 26.7 Å². The molecule has 4 atom stereocenters. The second-order valence-electron chi connectivity index (χ2n) is 6.38. The second-order valence-corrected chi connectivity index (χ2v) is 6.38. The SMILES string of the molecule is CCC(CC)COC(=O)[C@@]1(n2cc(F)c(N)nc2=O)O[C@H](CO)[C@@H](O)[C@H]1O. The number of esters is 1. The van der Waals surface area contributed by atoms with Crippen LogP contribution in [-0.2, 0) is 20.0 Å². The summed E-state index contributed by atoms with van der Waals surface area (Å²) >= 11 is 0. The van der Waals surface area contributed by atoms with E-state index in [-0.39, 0.29) is 12.5 Å². The Hall–Kier alpha value is -2.08. The lowest BCUT2D eigenvalue weighted by Gasteiger charge is -2.31. The minimum absolute atomic E-state index is 0.0149. The number of carbonyl (C=O) groups excluding carboxylic acids is 1. The minimum Gasteiger partial charge on any atom is -0.462 e. The zero-order chi connectivity index (χ0) is 20.4. The fourth-order valence-corrected chi connectivity index (χ4v) is 2.92. The van der Waals surface area contributed by atoms with Gasteiger partial charge in [-0.3, -0.25) is 4.57 Å². The van der Waals surface area contributed by atoms with Gasteiger partial charge in [-0.05, 0) is 5.92 Å². The Morgan fingerprint density at radius 3 is 2.63 bits per heavy atom. The third kappa shape index (κ3) is 3.68. The van der Waals surface area contributed by atoms with Crippen molar-refractivity contribution in [2.45, 2.75) is 50.7 Å². The first kappa shape index (κ1) is 21.2. The summed E-state index contributed by atoms with van der Waals surface area (Å²) in [6.45, 7) is 2.99. The molecular formula is C16H24FN3O7. The molecule has 1 saturated heterocycles. The highest BCUT2D eigenvalue weighted by Gasteiger charge is 2.62. The summed E-state index contributed by atoms with van der Waals surface area (Å²) < 4.78 is 24.9. The van der Waals surface area contributed by atoms with Crippen molar-refractivity contribution < 1.29 is 34.0 Å². The number of aliphatic hydroxyl groups is 3.